The summed E-state index contributed by atoms with van der Waals surface area (Å²) in [6, 6.07) is 23.0. The third-order valence-corrected chi connectivity index (χ3v) is 3.38. The maximum atomic E-state index is 11.8. The molecule has 0 spiro atoms. The van der Waals surface area contributed by atoms with Crippen LogP contribution in [0.15, 0.2) is 82.0 Å². The Morgan fingerprint density at radius 1 is 0.762 bits per heavy atom. The van der Waals surface area contributed by atoms with Crippen LogP contribution < -0.4 is 5.43 Å². The molecular formula is C19H16O2. The number of hydrogen-bond donors (Lipinski definition) is 0. The molecule has 0 unspecified atom stereocenters. The number of hydrogen-bond acceptors (Lipinski definition) is 2. The molecule has 0 radical (unpaired) electrons. The lowest BCUT2D eigenvalue weighted by Crippen LogP contribution is -2.02. The molecule has 2 nitrogen and oxygen atoms in total. The fourth-order valence-electron chi connectivity index (χ4n) is 2.31. The van der Waals surface area contributed by atoms with Crippen molar-refractivity contribution < 1.29 is 4.42 Å². The second kappa shape index (κ2) is 6.23. The molecule has 2 aromatic carbocycles. The fourth-order valence-corrected chi connectivity index (χ4v) is 2.31. The molecular weight excluding hydrogens is 260 g/mol. The van der Waals surface area contributed by atoms with Crippen LogP contribution in [0.5, 0.6) is 0 Å². The van der Waals surface area contributed by atoms with Gasteiger partial charge in [-0.2, -0.15) is 0 Å². The van der Waals surface area contributed by atoms with Crippen molar-refractivity contribution in [2.24, 2.45) is 0 Å². The first-order valence-corrected chi connectivity index (χ1v) is 7.05. The van der Waals surface area contributed by atoms with Crippen LogP contribution >= 0.6 is 0 Å². The zero-order chi connectivity index (χ0) is 14.5. The highest BCUT2D eigenvalue weighted by atomic mass is 16.3. The Bertz CT molecular complexity index is 758. The van der Waals surface area contributed by atoms with E-state index in [9.17, 15) is 4.79 Å². The van der Waals surface area contributed by atoms with E-state index in [2.05, 4.69) is 12.1 Å². The van der Waals surface area contributed by atoms with Crippen molar-refractivity contribution in [3.8, 4) is 11.3 Å². The Morgan fingerprint density at radius 3 is 2.14 bits per heavy atom. The van der Waals surface area contributed by atoms with Crippen LogP contribution in [0.2, 0.25) is 0 Å². The van der Waals surface area contributed by atoms with Gasteiger partial charge in [0.2, 0.25) is 0 Å². The minimum Gasteiger partial charge on any atom is -0.461 e. The number of rotatable bonds is 4. The van der Waals surface area contributed by atoms with Gasteiger partial charge >= 0.3 is 0 Å². The molecule has 21 heavy (non-hydrogen) atoms. The van der Waals surface area contributed by atoms with E-state index in [-0.39, 0.29) is 5.43 Å². The number of benzene rings is 2. The average molecular weight is 276 g/mol. The molecule has 2 heteroatoms. The second-order valence-electron chi connectivity index (χ2n) is 4.98. The first kappa shape index (κ1) is 13.4. The Morgan fingerprint density at radius 2 is 1.43 bits per heavy atom. The van der Waals surface area contributed by atoms with Gasteiger partial charge in [0.1, 0.15) is 11.5 Å². The molecule has 0 saturated carbocycles. The predicted molar refractivity (Wildman–Crippen MR) is 84.3 cm³/mol. The van der Waals surface area contributed by atoms with Crippen LogP contribution in [0.1, 0.15) is 11.3 Å². The van der Waals surface area contributed by atoms with E-state index < -0.39 is 0 Å². The van der Waals surface area contributed by atoms with Gasteiger partial charge in [0.05, 0.1) is 0 Å². The molecule has 0 amide bonds. The van der Waals surface area contributed by atoms with Crippen molar-refractivity contribution >= 4 is 0 Å². The van der Waals surface area contributed by atoms with Gasteiger partial charge in [-0.25, -0.2) is 0 Å². The van der Waals surface area contributed by atoms with Crippen LogP contribution in [-0.2, 0) is 12.8 Å². The maximum absolute atomic E-state index is 11.8. The van der Waals surface area contributed by atoms with Crippen molar-refractivity contribution in [1.82, 2.24) is 0 Å². The zero-order valence-corrected chi connectivity index (χ0v) is 11.7. The normalized spacial score (nSPS) is 10.5. The Kier molecular flexibility index (Phi) is 3.97. The third kappa shape index (κ3) is 3.48. The number of aryl methyl sites for hydroxylation is 2. The molecule has 0 aliphatic rings. The SMILES string of the molecule is O=c1cc(CCc2ccccc2)oc(-c2ccccc2)c1. The highest BCUT2D eigenvalue weighted by Gasteiger charge is 2.05. The lowest BCUT2D eigenvalue weighted by molar-refractivity contribution is 0.503. The molecule has 3 aromatic rings. The molecule has 0 aliphatic carbocycles. The molecule has 0 N–H and O–H groups in total. The molecule has 0 fully saturated rings. The minimum absolute atomic E-state index is 0.0110. The van der Waals surface area contributed by atoms with Crippen LogP contribution in [0, 0.1) is 0 Å². The average Bonchev–Trinajstić information content (AvgIpc) is 2.54. The summed E-state index contributed by atoms with van der Waals surface area (Å²) < 4.78 is 5.87. The topological polar surface area (TPSA) is 30.2 Å². The van der Waals surface area contributed by atoms with Crippen molar-refractivity contribution in [3.63, 3.8) is 0 Å². The van der Waals surface area contributed by atoms with Gasteiger partial charge in [0.15, 0.2) is 5.43 Å². The molecule has 0 bridgehead atoms. The van der Waals surface area contributed by atoms with E-state index in [4.69, 9.17) is 4.42 Å². The van der Waals surface area contributed by atoms with E-state index in [0.29, 0.717) is 5.76 Å². The highest BCUT2D eigenvalue weighted by molar-refractivity contribution is 5.56. The van der Waals surface area contributed by atoms with Gasteiger partial charge in [-0.05, 0) is 12.0 Å². The second-order valence-corrected chi connectivity index (χ2v) is 4.98. The fraction of sp³-hybridized carbons (Fsp3) is 0.105. The highest BCUT2D eigenvalue weighted by Crippen LogP contribution is 2.19. The van der Waals surface area contributed by atoms with Crippen molar-refractivity contribution in [3.05, 3.63) is 94.3 Å². The summed E-state index contributed by atoms with van der Waals surface area (Å²) in [5.41, 5.74) is 2.16. The lowest BCUT2D eigenvalue weighted by atomic mass is 10.1. The Hall–Kier alpha value is -2.61. The van der Waals surface area contributed by atoms with Crippen LogP contribution in [0.25, 0.3) is 11.3 Å². The molecule has 0 atom stereocenters. The maximum Gasteiger partial charge on any atom is 0.185 e. The van der Waals surface area contributed by atoms with Gasteiger partial charge in [-0.3, -0.25) is 4.79 Å². The van der Waals surface area contributed by atoms with Gasteiger partial charge in [0.25, 0.3) is 0 Å². The van der Waals surface area contributed by atoms with Crippen molar-refractivity contribution in [2.75, 3.05) is 0 Å². The van der Waals surface area contributed by atoms with E-state index >= 15 is 0 Å². The summed E-state index contributed by atoms with van der Waals surface area (Å²) in [6.07, 6.45) is 1.59. The van der Waals surface area contributed by atoms with E-state index in [1.807, 2.05) is 48.5 Å². The monoisotopic (exact) mass is 276 g/mol. The van der Waals surface area contributed by atoms with Crippen LogP contribution in [-0.4, -0.2) is 0 Å². The summed E-state index contributed by atoms with van der Waals surface area (Å²) in [6.45, 7) is 0. The largest absolute Gasteiger partial charge is 0.461 e. The summed E-state index contributed by atoms with van der Waals surface area (Å²) in [4.78, 5) is 11.8. The molecule has 3 rings (SSSR count). The molecule has 0 aliphatic heterocycles. The van der Waals surface area contributed by atoms with Gasteiger partial charge in [0, 0.05) is 24.1 Å². The van der Waals surface area contributed by atoms with Gasteiger partial charge in [-0.15, -0.1) is 0 Å². The first-order valence-electron chi connectivity index (χ1n) is 7.05. The van der Waals surface area contributed by atoms with Gasteiger partial charge in [-0.1, -0.05) is 60.7 Å². The molecule has 1 heterocycles. The Labute approximate surface area is 123 Å². The Balaban J connectivity index is 1.83. The third-order valence-electron chi connectivity index (χ3n) is 3.38. The minimum atomic E-state index is -0.0110. The lowest BCUT2D eigenvalue weighted by Gasteiger charge is -2.05. The zero-order valence-electron chi connectivity index (χ0n) is 11.7. The van der Waals surface area contributed by atoms with E-state index in [0.717, 1.165) is 24.2 Å². The predicted octanol–water partition coefficient (Wildman–Crippen LogP) is 4.09. The molecule has 104 valence electrons. The van der Waals surface area contributed by atoms with Gasteiger partial charge < -0.3 is 4.42 Å². The van der Waals surface area contributed by atoms with Crippen LogP contribution in [0.3, 0.4) is 0 Å². The summed E-state index contributed by atoms with van der Waals surface area (Å²) in [5, 5.41) is 0. The molecule has 1 aromatic heterocycles. The molecule has 0 saturated heterocycles. The van der Waals surface area contributed by atoms with Crippen molar-refractivity contribution in [1.29, 1.82) is 0 Å². The smallest absolute Gasteiger partial charge is 0.185 e. The first-order chi connectivity index (χ1) is 10.3. The summed E-state index contributed by atoms with van der Waals surface area (Å²) in [7, 11) is 0. The quantitative estimate of drug-likeness (QED) is 0.718. The van der Waals surface area contributed by atoms with Crippen LogP contribution in [0.4, 0.5) is 0 Å². The summed E-state index contributed by atoms with van der Waals surface area (Å²) in [5.74, 6) is 1.36. The standard InChI is InChI=1S/C19H16O2/c20-17-13-18(12-11-15-7-3-1-4-8-15)21-19(14-17)16-9-5-2-6-10-16/h1-10,13-14H,11-12H2. The summed E-state index contributed by atoms with van der Waals surface area (Å²) >= 11 is 0. The van der Waals surface area contributed by atoms with E-state index in [1.165, 1.54) is 5.56 Å². The van der Waals surface area contributed by atoms with E-state index in [1.54, 1.807) is 12.1 Å². The van der Waals surface area contributed by atoms with Crippen molar-refractivity contribution in [2.45, 2.75) is 12.8 Å².